The summed E-state index contributed by atoms with van der Waals surface area (Å²) in [6, 6.07) is 0.593. The second-order valence-electron chi connectivity index (χ2n) is 4.31. The topological polar surface area (TPSA) is 20.3 Å². The van der Waals surface area contributed by atoms with Gasteiger partial charge in [0.15, 0.2) is 0 Å². The van der Waals surface area contributed by atoms with Gasteiger partial charge in [0.25, 0.3) is 0 Å². The molecule has 2 aliphatic rings. The molecule has 2 saturated heterocycles. The summed E-state index contributed by atoms with van der Waals surface area (Å²) in [6.07, 6.45) is 4.19. The van der Waals surface area contributed by atoms with Crippen molar-refractivity contribution >= 4 is 5.78 Å². The normalized spacial score (nSPS) is 37.9. The highest BCUT2D eigenvalue weighted by Crippen LogP contribution is 2.27. The van der Waals surface area contributed by atoms with Crippen LogP contribution in [0.25, 0.3) is 0 Å². The molecule has 0 aromatic carbocycles. The first-order valence-electron chi connectivity index (χ1n) is 5.01. The van der Waals surface area contributed by atoms with Crippen molar-refractivity contribution in [2.75, 3.05) is 13.1 Å². The van der Waals surface area contributed by atoms with Crippen LogP contribution in [0.2, 0.25) is 0 Å². The molecule has 0 N–H and O–H groups in total. The predicted molar refractivity (Wildman–Crippen MR) is 48.0 cm³/mol. The Kier molecular flexibility index (Phi) is 2.18. The minimum absolute atomic E-state index is 0.477. The van der Waals surface area contributed by atoms with Gasteiger partial charge >= 0.3 is 0 Å². The van der Waals surface area contributed by atoms with Crippen LogP contribution in [-0.2, 0) is 4.79 Å². The highest BCUT2D eigenvalue weighted by atomic mass is 16.1. The lowest BCUT2D eigenvalue weighted by Crippen LogP contribution is -2.47. The van der Waals surface area contributed by atoms with Crippen molar-refractivity contribution in [2.45, 2.75) is 38.6 Å². The van der Waals surface area contributed by atoms with E-state index in [1.54, 1.807) is 0 Å². The second kappa shape index (κ2) is 3.17. The van der Waals surface area contributed by atoms with Crippen LogP contribution in [0.1, 0.15) is 32.6 Å². The van der Waals surface area contributed by atoms with Gasteiger partial charge in [0.1, 0.15) is 5.78 Å². The Balaban J connectivity index is 1.99. The highest BCUT2D eigenvalue weighted by molar-refractivity contribution is 5.80. The Labute approximate surface area is 73.9 Å². The lowest BCUT2D eigenvalue weighted by molar-refractivity contribution is -0.124. The first kappa shape index (κ1) is 8.24. The van der Waals surface area contributed by atoms with Crippen LogP contribution in [0.4, 0.5) is 0 Å². The molecule has 12 heavy (non-hydrogen) atoms. The van der Waals surface area contributed by atoms with Gasteiger partial charge in [-0.3, -0.25) is 9.69 Å². The molecular formula is C10H17NO. The van der Waals surface area contributed by atoms with Gasteiger partial charge in [-0.25, -0.2) is 0 Å². The maximum atomic E-state index is 11.2. The van der Waals surface area contributed by atoms with E-state index in [0.29, 0.717) is 11.8 Å². The molecule has 0 bridgehead atoms. The summed E-state index contributed by atoms with van der Waals surface area (Å²) in [5.74, 6) is 1.31. The zero-order chi connectivity index (χ0) is 8.55. The van der Waals surface area contributed by atoms with Gasteiger partial charge in [0.05, 0.1) is 0 Å². The van der Waals surface area contributed by atoms with E-state index in [1.807, 2.05) is 0 Å². The van der Waals surface area contributed by atoms with Crippen LogP contribution >= 0.6 is 0 Å². The summed E-state index contributed by atoms with van der Waals surface area (Å²) in [4.78, 5) is 13.7. The molecule has 2 rings (SSSR count). The molecule has 0 aromatic rings. The molecule has 2 aliphatic heterocycles. The van der Waals surface area contributed by atoms with Gasteiger partial charge in [0, 0.05) is 25.4 Å². The van der Waals surface area contributed by atoms with E-state index in [1.165, 1.54) is 19.4 Å². The number of hydrogen-bond donors (Lipinski definition) is 0. The number of carbonyl (C=O) groups excluding carboxylic acids is 1. The van der Waals surface area contributed by atoms with Gasteiger partial charge in [-0.15, -0.1) is 0 Å². The Hall–Kier alpha value is -0.370. The first-order valence-corrected chi connectivity index (χ1v) is 5.01. The molecule has 2 fully saturated rings. The number of fused-ring (bicyclic) bond motifs is 1. The highest BCUT2D eigenvalue weighted by Gasteiger charge is 2.31. The fourth-order valence-electron chi connectivity index (χ4n) is 2.44. The van der Waals surface area contributed by atoms with E-state index >= 15 is 0 Å². The summed E-state index contributed by atoms with van der Waals surface area (Å²) in [5, 5.41) is 0. The van der Waals surface area contributed by atoms with E-state index in [-0.39, 0.29) is 0 Å². The van der Waals surface area contributed by atoms with Crippen molar-refractivity contribution in [3.63, 3.8) is 0 Å². The molecule has 0 amide bonds. The van der Waals surface area contributed by atoms with Crippen molar-refractivity contribution in [3.8, 4) is 0 Å². The Bertz CT molecular complexity index is 190. The lowest BCUT2D eigenvalue weighted by Gasteiger charge is -2.40. The van der Waals surface area contributed by atoms with E-state index in [2.05, 4.69) is 11.8 Å². The van der Waals surface area contributed by atoms with Gasteiger partial charge in [0.2, 0.25) is 0 Å². The third-order valence-corrected chi connectivity index (χ3v) is 3.24. The zero-order valence-corrected chi connectivity index (χ0v) is 7.75. The molecule has 2 heteroatoms. The van der Waals surface area contributed by atoms with Gasteiger partial charge < -0.3 is 0 Å². The molecule has 0 aromatic heterocycles. The number of carbonyl (C=O) groups is 1. The number of nitrogens with zero attached hydrogens (tertiary/aromatic N) is 1. The molecule has 0 radical (unpaired) electrons. The maximum absolute atomic E-state index is 11.2. The number of hydrogen-bond acceptors (Lipinski definition) is 2. The number of rotatable bonds is 0. The number of piperidine rings is 2. The molecule has 2 nitrogen and oxygen atoms in total. The van der Waals surface area contributed by atoms with E-state index < -0.39 is 0 Å². The van der Waals surface area contributed by atoms with Crippen LogP contribution in [0.15, 0.2) is 0 Å². The minimum Gasteiger partial charge on any atom is -0.300 e. The molecule has 2 heterocycles. The molecule has 68 valence electrons. The molecule has 2 unspecified atom stereocenters. The summed E-state index contributed by atoms with van der Waals surface area (Å²) in [7, 11) is 0. The molecule has 0 aliphatic carbocycles. The second-order valence-corrected chi connectivity index (χ2v) is 4.31. The fraction of sp³-hybridized carbons (Fsp3) is 0.900. The zero-order valence-electron chi connectivity index (χ0n) is 7.75. The summed E-state index contributed by atoms with van der Waals surface area (Å²) >= 11 is 0. The average molecular weight is 167 g/mol. The van der Waals surface area contributed by atoms with Gasteiger partial charge in [-0.1, -0.05) is 6.92 Å². The average Bonchev–Trinajstić information content (AvgIpc) is 2.03. The summed E-state index contributed by atoms with van der Waals surface area (Å²) in [5.41, 5.74) is 0. The third-order valence-electron chi connectivity index (χ3n) is 3.24. The summed E-state index contributed by atoms with van der Waals surface area (Å²) < 4.78 is 0. The summed E-state index contributed by atoms with van der Waals surface area (Å²) in [6.45, 7) is 4.55. The van der Waals surface area contributed by atoms with Crippen molar-refractivity contribution in [1.82, 2.24) is 4.90 Å². The van der Waals surface area contributed by atoms with Crippen molar-refractivity contribution < 1.29 is 4.79 Å². The smallest absolute Gasteiger partial charge is 0.135 e. The van der Waals surface area contributed by atoms with E-state index in [9.17, 15) is 4.79 Å². The molecule has 0 spiro atoms. The van der Waals surface area contributed by atoms with Crippen LogP contribution in [0, 0.1) is 5.92 Å². The standard InChI is InChI=1S/C10H17NO/c1-8-2-4-11-5-3-10(12)7-9(11)6-8/h8-9H,2-7H2,1H3. The van der Waals surface area contributed by atoms with Crippen molar-refractivity contribution in [2.24, 2.45) is 5.92 Å². The Morgan fingerprint density at radius 2 is 2.25 bits per heavy atom. The van der Waals surface area contributed by atoms with Crippen molar-refractivity contribution in [1.29, 1.82) is 0 Å². The largest absolute Gasteiger partial charge is 0.300 e. The van der Waals surface area contributed by atoms with Crippen LogP contribution in [0.3, 0.4) is 0 Å². The third kappa shape index (κ3) is 1.53. The Morgan fingerprint density at radius 1 is 1.42 bits per heavy atom. The molecule has 2 atom stereocenters. The first-order chi connectivity index (χ1) is 5.75. The van der Waals surface area contributed by atoms with E-state index in [0.717, 1.165) is 25.3 Å². The van der Waals surface area contributed by atoms with Crippen LogP contribution in [0.5, 0.6) is 0 Å². The van der Waals surface area contributed by atoms with Crippen LogP contribution < -0.4 is 0 Å². The number of Topliss-reactive ketones (excluding diaryl/α,β-unsaturated/α-hetero) is 1. The lowest BCUT2D eigenvalue weighted by atomic mass is 9.87. The van der Waals surface area contributed by atoms with Crippen LogP contribution in [-0.4, -0.2) is 29.8 Å². The minimum atomic E-state index is 0.477. The van der Waals surface area contributed by atoms with Crippen molar-refractivity contribution in [3.05, 3.63) is 0 Å². The van der Waals surface area contributed by atoms with Gasteiger partial charge in [-0.05, 0) is 25.3 Å². The van der Waals surface area contributed by atoms with Gasteiger partial charge in [-0.2, -0.15) is 0 Å². The number of ketones is 1. The monoisotopic (exact) mass is 167 g/mol. The van der Waals surface area contributed by atoms with E-state index in [4.69, 9.17) is 0 Å². The fourth-order valence-corrected chi connectivity index (χ4v) is 2.44. The Morgan fingerprint density at radius 3 is 3.08 bits per heavy atom. The maximum Gasteiger partial charge on any atom is 0.135 e. The predicted octanol–water partition coefficient (Wildman–Crippen LogP) is 1.45. The molecular weight excluding hydrogens is 150 g/mol. The SMILES string of the molecule is CC1CCN2CCC(=O)CC2C1. The molecule has 0 saturated carbocycles. The quantitative estimate of drug-likeness (QED) is 0.544.